The average molecular weight is 273 g/mol. The van der Waals surface area contributed by atoms with Gasteiger partial charge in [-0.15, -0.1) is 0 Å². The van der Waals surface area contributed by atoms with Gasteiger partial charge in [-0.05, 0) is 36.5 Å². The van der Waals surface area contributed by atoms with Crippen molar-refractivity contribution in [2.45, 2.75) is 39.5 Å². The summed E-state index contributed by atoms with van der Waals surface area (Å²) in [6.45, 7) is 4.40. The molecular formula is C13H23NO3S. The van der Waals surface area contributed by atoms with Crippen molar-refractivity contribution in [3.63, 3.8) is 0 Å². The zero-order chi connectivity index (χ0) is 13.5. The first-order valence-corrected chi connectivity index (χ1v) is 8.78. The molecule has 0 radical (unpaired) electrons. The van der Waals surface area contributed by atoms with Crippen LogP contribution in [0.15, 0.2) is 0 Å². The number of hydrogen-bond donors (Lipinski definition) is 1. The van der Waals surface area contributed by atoms with Crippen molar-refractivity contribution in [3.8, 4) is 0 Å². The Morgan fingerprint density at radius 1 is 1.17 bits per heavy atom. The van der Waals surface area contributed by atoms with Gasteiger partial charge in [-0.25, -0.2) is 8.42 Å². The first-order valence-electron chi connectivity index (χ1n) is 6.89. The molecule has 0 aliphatic heterocycles. The molecule has 5 unspecified atom stereocenters. The first-order chi connectivity index (χ1) is 8.37. The van der Waals surface area contributed by atoms with Crippen LogP contribution in [0.25, 0.3) is 0 Å². The van der Waals surface area contributed by atoms with Crippen molar-refractivity contribution < 1.29 is 13.2 Å². The van der Waals surface area contributed by atoms with Gasteiger partial charge in [-0.3, -0.25) is 9.52 Å². The summed E-state index contributed by atoms with van der Waals surface area (Å²) < 4.78 is 24.4. The Labute approximate surface area is 110 Å². The highest BCUT2D eigenvalue weighted by molar-refractivity contribution is 7.89. The molecule has 18 heavy (non-hydrogen) atoms. The van der Waals surface area contributed by atoms with Gasteiger partial charge >= 0.3 is 0 Å². The van der Waals surface area contributed by atoms with E-state index in [-0.39, 0.29) is 11.8 Å². The molecule has 2 rings (SSSR count). The predicted octanol–water partition coefficient (Wildman–Crippen LogP) is 1.77. The summed E-state index contributed by atoms with van der Waals surface area (Å²) in [5.74, 6) is 1.99. The van der Waals surface area contributed by atoms with Gasteiger partial charge in [0.15, 0.2) is 0 Å². The van der Waals surface area contributed by atoms with Crippen molar-refractivity contribution >= 4 is 15.9 Å². The fraction of sp³-hybridized carbons (Fsp3) is 0.923. The maximum atomic E-state index is 12.0. The van der Waals surface area contributed by atoms with Crippen LogP contribution in [-0.2, 0) is 14.8 Å². The van der Waals surface area contributed by atoms with Gasteiger partial charge in [0.1, 0.15) is 0 Å². The summed E-state index contributed by atoms with van der Waals surface area (Å²) in [7, 11) is -3.42. The predicted molar refractivity (Wildman–Crippen MR) is 70.3 cm³/mol. The molecule has 104 valence electrons. The molecule has 0 aromatic heterocycles. The SMILES string of the molecule is CCC1C2CC(C(=O)NS(C)(=O)=O)C(C2)C1CC. The monoisotopic (exact) mass is 273 g/mol. The van der Waals surface area contributed by atoms with E-state index in [1.54, 1.807) is 0 Å². The van der Waals surface area contributed by atoms with Crippen LogP contribution in [0.1, 0.15) is 39.5 Å². The van der Waals surface area contributed by atoms with Crippen molar-refractivity contribution in [2.24, 2.45) is 29.6 Å². The number of fused-ring (bicyclic) bond motifs is 2. The minimum Gasteiger partial charge on any atom is -0.274 e. The Morgan fingerprint density at radius 3 is 2.28 bits per heavy atom. The summed E-state index contributed by atoms with van der Waals surface area (Å²) >= 11 is 0. The van der Waals surface area contributed by atoms with Crippen LogP contribution < -0.4 is 4.72 Å². The van der Waals surface area contributed by atoms with Crippen LogP contribution >= 0.6 is 0 Å². The summed E-state index contributed by atoms with van der Waals surface area (Å²) in [6.07, 6.45) is 5.31. The number of carbonyl (C=O) groups excluding carboxylic acids is 1. The van der Waals surface area contributed by atoms with E-state index in [4.69, 9.17) is 0 Å². The summed E-state index contributed by atoms with van der Waals surface area (Å²) in [6, 6.07) is 0. The highest BCUT2D eigenvalue weighted by Gasteiger charge is 2.53. The molecule has 5 atom stereocenters. The smallest absolute Gasteiger partial charge is 0.236 e. The number of hydrogen-bond acceptors (Lipinski definition) is 3. The topological polar surface area (TPSA) is 63.2 Å². The van der Waals surface area contributed by atoms with E-state index in [2.05, 4.69) is 18.6 Å². The lowest BCUT2D eigenvalue weighted by Gasteiger charge is -2.34. The molecule has 2 fully saturated rings. The van der Waals surface area contributed by atoms with E-state index >= 15 is 0 Å². The van der Waals surface area contributed by atoms with Gasteiger partial charge in [0.2, 0.25) is 15.9 Å². The fourth-order valence-electron chi connectivity index (χ4n) is 4.40. The van der Waals surface area contributed by atoms with Crippen molar-refractivity contribution in [1.29, 1.82) is 0 Å². The van der Waals surface area contributed by atoms with Crippen LogP contribution in [-0.4, -0.2) is 20.6 Å². The second kappa shape index (κ2) is 4.83. The molecule has 5 heteroatoms. The Balaban J connectivity index is 2.09. The van der Waals surface area contributed by atoms with E-state index in [0.717, 1.165) is 31.4 Å². The first kappa shape index (κ1) is 13.8. The second-order valence-electron chi connectivity index (χ2n) is 5.88. The average Bonchev–Trinajstić information content (AvgIpc) is 2.82. The number of rotatable bonds is 4. The van der Waals surface area contributed by atoms with Crippen molar-refractivity contribution in [2.75, 3.05) is 6.26 Å². The molecule has 4 nitrogen and oxygen atoms in total. The molecular weight excluding hydrogens is 250 g/mol. The Morgan fingerprint density at radius 2 is 1.78 bits per heavy atom. The molecule has 0 spiro atoms. The van der Waals surface area contributed by atoms with E-state index in [1.165, 1.54) is 6.42 Å². The molecule has 2 aliphatic carbocycles. The normalized spacial score (nSPS) is 38.9. The number of amides is 1. The Hall–Kier alpha value is -0.580. The van der Waals surface area contributed by atoms with E-state index in [1.807, 2.05) is 0 Å². The molecule has 1 N–H and O–H groups in total. The van der Waals surface area contributed by atoms with Gasteiger partial charge in [-0.1, -0.05) is 26.7 Å². The zero-order valence-electron chi connectivity index (χ0n) is 11.3. The molecule has 2 bridgehead atoms. The van der Waals surface area contributed by atoms with Crippen molar-refractivity contribution in [3.05, 3.63) is 0 Å². The van der Waals surface area contributed by atoms with Crippen LogP contribution in [0, 0.1) is 29.6 Å². The lowest BCUT2D eigenvalue weighted by atomic mass is 9.71. The van der Waals surface area contributed by atoms with Gasteiger partial charge in [0, 0.05) is 5.92 Å². The molecule has 2 aliphatic rings. The lowest BCUT2D eigenvalue weighted by Crippen LogP contribution is -2.40. The third-order valence-corrected chi connectivity index (χ3v) is 5.49. The number of carbonyl (C=O) groups is 1. The van der Waals surface area contributed by atoms with E-state index in [0.29, 0.717) is 17.8 Å². The molecule has 1 amide bonds. The zero-order valence-corrected chi connectivity index (χ0v) is 12.2. The van der Waals surface area contributed by atoms with Gasteiger partial charge in [0.05, 0.1) is 6.26 Å². The second-order valence-corrected chi connectivity index (χ2v) is 7.63. The van der Waals surface area contributed by atoms with Crippen LogP contribution in [0.5, 0.6) is 0 Å². The van der Waals surface area contributed by atoms with Crippen LogP contribution in [0.3, 0.4) is 0 Å². The minimum absolute atomic E-state index is 0.0857. The van der Waals surface area contributed by atoms with E-state index in [9.17, 15) is 13.2 Å². The fourth-order valence-corrected chi connectivity index (χ4v) is 4.92. The number of sulfonamides is 1. The molecule has 0 aromatic rings. The largest absolute Gasteiger partial charge is 0.274 e. The maximum absolute atomic E-state index is 12.0. The minimum atomic E-state index is -3.42. The third kappa shape index (κ3) is 2.42. The number of nitrogens with one attached hydrogen (secondary N) is 1. The van der Waals surface area contributed by atoms with Gasteiger partial charge in [-0.2, -0.15) is 0 Å². The Bertz CT molecular complexity index is 432. The van der Waals surface area contributed by atoms with Gasteiger partial charge < -0.3 is 0 Å². The summed E-state index contributed by atoms with van der Waals surface area (Å²) in [5.41, 5.74) is 0. The third-order valence-electron chi connectivity index (χ3n) is 4.92. The highest BCUT2D eigenvalue weighted by Crippen LogP contribution is 2.57. The molecule has 0 heterocycles. The quantitative estimate of drug-likeness (QED) is 0.849. The summed E-state index contributed by atoms with van der Waals surface area (Å²) in [4.78, 5) is 12.0. The lowest BCUT2D eigenvalue weighted by molar-refractivity contribution is -0.125. The molecule has 2 saturated carbocycles. The molecule has 0 saturated heterocycles. The molecule has 0 aromatic carbocycles. The van der Waals surface area contributed by atoms with Crippen molar-refractivity contribution in [1.82, 2.24) is 4.72 Å². The summed E-state index contributed by atoms with van der Waals surface area (Å²) in [5, 5.41) is 0. The maximum Gasteiger partial charge on any atom is 0.236 e. The Kier molecular flexibility index (Phi) is 3.72. The van der Waals surface area contributed by atoms with Gasteiger partial charge in [0.25, 0.3) is 0 Å². The van der Waals surface area contributed by atoms with Crippen LogP contribution in [0.4, 0.5) is 0 Å². The standard InChI is InChI=1S/C13H23NO3S/c1-4-9-8-6-11(10(9)5-2)12(7-8)13(15)14-18(3,16)17/h8-12H,4-7H2,1-3H3,(H,14,15). The highest BCUT2D eigenvalue weighted by atomic mass is 32.2. The van der Waals surface area contributed by atoms with Crippen LogP contribution in [0.2, 0.25) is 0 Å². The van der Waals surface area contributed by atoms with E-state index < -0.39 is 10.0 Å².